The van der Waals surface area contributed by atoms with Crippen LogP contribution < -0.4 is 0 Å². The first-order valence-corrected chi connectivity index (χ1v) is 8.08. The number of aliphatic hydroxyl groups excluding tert-OH is 1. The molecule has 0 atom stereocenters. The second-order valence-corrected chi connectivity index (χ2v) is 5.70. The average Bonchev–Trinajstić information content (AvgIpc) is 2.92. The second kappa shape index (κ2) is 7.51. The van der Waals surface area contributed by atoms with Crippen LogP contribution in [0.15, 0.2) is 42.7 Å². The molecule has 1 N–H and O–H groups in total. The maximum atomic E-state index is 13.5. The van der Waals surface area contributed by atoms with E-state index in [1.54, 1.807) is 12.3 Å². The van der Waals surface area contributed by atoms with Gasteiger partial charge in [-0.05, 0) is 30.7 Å². The summed E-state index contributed by atoms with van der Waals surface area (Å²) in [7, 11) is 0. The molecule has 0 amide bonds. The van der Waals surface area contributed by atoms with E-state index in [1.807, 2.05) is 25.3 Å². The minimum absolute atomic E-state index is 0.0707. The van der Waals surface area contributed by atoms with Crippen LogP contribution in [0.25, 0.3) is 11.0 Å². The lowest BCUT2D eigenvalue weighted by Crippen LogP contribution is -2.27. The second-order valence-electron chi connectivity index (χ2n) is 5.70. The molecule has 0 radical (unpaired) electrons. The van der Waals surface area contributed by atoms with Gasteiger partial charge in [0.05, 0.1) is 24.2 Å². The number of pyridine rings is 1. The smallest absolute Gasteiger partial charge is 0.125 e. The largest absolute Gasteiger partial charge is 0.395 e. The quantitative estimate of drug-likeness (QED) is 0.724. The first-order valence-electron chi connectivity index (χ1n) is 8.08. The first-order chi connectivity index (χ1) is 11.7. The number of rotatable bonds is 7. The van der Waals surface area contributed by atoms with E-state index < -0.39 is 0 Å². The molecule has 126 valence electrons. The van der Waals surface area contributed by atoms with E-state index in [-0.39, 0.29) is 12.4 Å². The molecule has 0 aliphatic rings. The molecule has 1 aromatic carbocycles. The lowest BCUT2D eigenvalue weighted by molar-refractivity contribution is 0.180. The van der Waals surface area contributed by atoms with Gasteiger partial charge in [-0.2, -0.15) is 0 Å². The fraction of sp³-hybridized carbons (Fsp3) is 0.333. The Labute approximate surface area is 140 Å². The van der Waals surface area contributed by atoms with Crippen LogP contribution in [-0.4, -0.2) is 37.7 Å². The van der Waals surface area contributed by atoms with Gasteiger partial charge in [0.1, 0.15) is 11.6 Å². The Hall–Kier alpha value is -2.31. The highest BCUT2D eigenvalue weighted by molar-refractivity contribution is 5.76. The molecule has 0 fully saturated rings. The van der Waals surface area contributed by atoms with Gasteiger partial charge in [-0.3, -0.25) is 9.88 Å². The highest BCUT2D eigenvalue weighted by Gasteiger charge is 2.14. The van der Waals surface area contributed by atoms with Crippen molar-refractivity contribution in [3.8, 4) is 0 Å². The molecule has 0 spiro atoms. The Morgan fingerprint density at radius 1 is 1.25 bits per heavy atom. The number of hydrogen-bond donors (Lipinski definition) is 1. The van der Waals surface area contributed by atoms with Crippen LogP contribution in [0, 0.1) is 5.82 Å². The number of hydrogen-bond acceptors (Lipinski definition) is 4. The van der Waals surface area contributed by atoms with E-state index in [4.69, 9.17) is 0 Å². The number of nitrogens with zero attached hydrogens (tertiary/aromatic N) is 4. The lowest BCUT2D eigenvalue weighted by Gasteiger charge is -2.21. The van der Waals surface area contributed by atoms with E-state index in [9.17, 15) is 9.50 Å². The highest BCUT2D eigenvalue weighted by atomic mass is 19.1. The van der Waals surface area contributed by atoms with Gasteiger partial charge in [0.15, 0.2) is 0 Å². The highest BCUT2D eigenvalue weighted by Crippen LogP contribution is 2.19. The third-order valence-corrected chi connectivity index (χ3v) is 4.02. The van der Waals surface area contributed by atoms with Crippen molar-refractivity contribution in [3.05, 3.63) is 59.9 Å². The lowest BCUT2D eigenvalue weighted by atomic mass is 10.2. The van der Waals surface area contributed by atoms with Gasteiger partial charge in [0, 0.05) is 38.1 Å². The molecule has 3 rings (SSSR count). The summed E-state index contributed by atoms with van der Waals surface area (Å²) in [6.45, 7) is 4.68. The van der Waals surface area contributed by atoms with Crippen LogP contribution in [-0.2, 0) is 19.6 Å². The molecule has 24 heavy (non-hydrogen) atoms. The van der Waals surface area contributed by atoms with Crippen molar-refractivity contribution in [3.63, 3.8) is 0 Å². The number of benzene rings is 1. The summed E-state index contributed by atoms with van der Waals surface area (Å²) < 4.78 is 15.5. The summed E-state index contributed by atoms with van der Waals surface area (Å²) in [5.74, 6) is 0.591. The van der Waals surface area contributed by atoms with Gasteiger partial charge < -0.3 is 9.67 Å². The number of fused-ring (bicyclic) bond motifs is 1. The van der Waals surface area contributed by atoms with E-state index in [1.165, 1.54) is 12.1 Å². The Kier molecular flexibility index (Phi) is 5.17. The van der Waals surface area contributed by atoms with Gasteiger partial charge in [-0.1, -0.05) is 6.07 Å². The van der Waals surface area contributed by atoms with Crippen molar-refractivity contribution in [1.82, 2.24) is 19.4 Å². The average molecular weight is 328 g/mol. The van der Waals surface area contributed by atoms with Crippen LogP contribution in [0.1, 0.15) is 18.3 Å². The fourth-order valence-corrected chi connectivity index (χ4v) is 2.93. The number of aromatic nitrogens is 3. The maximum Gasteiger partial charge on any atom is 0.125 e. The Morgan fingerprint density at radius 3 is 2.83 bits per heavy atom. The molecular formula is C18H21FN4O. The monoisotopic (exact) mass is 328 g/mol. The van der Waals surface area contributed by atoms with E-state index in [0.717, 1.165) is 23.4 Å². The third-order valence-electron chi connectivity index (χ3n) is 4.02. The summed E-state index contributed by atoms with van der Waals surface area (Å²) in [6, 6.07) is 8.60. The van der Waals surface area contributed by atoms with Gasteiger partial charge in [-0.15, -0.1) is 0 Å². The van der Waals surface area contributed by atoms with Crippen LogP contribution in [0.3, 0.4) is 0 Å². The summed E-state index contributed by atoms with van der Waals surface area (Å²) in [6.07, 6.45) is 3.56. The number of halogens is 1. The molecule has 0 aliphatic carbocycles. The molecule has 0 unspecified atom stereocenters. The van der Waals surface area contributed by atoms with Crippen LogP contribution in [0.4, 0.5) is 4.39 Å². The summed E-state index contributed by atoms with van der Waals surface area (Å²) >= 11 is 0. The first kappa shape index (κ1) is 16.5. The Morgan fingerprint density at radius 2 is 2.12 bits per heavy atom. The molecule has 2 aromatic heterocycles. The van der Waals surface area contributed by atoms with E-state index in [0.29, 0.717) is 25.2 Å². The molecule has 6 heteroatoms. The number of aryl methyl sites for hydroxylation is 1. The molecule has 0 saturated heterocycles. The van der Waals surface area contributed by atoms with Gasteiger partial charge in [0.25, 0.3) is 0 Å². The van der Waals surface area contributed by atoms with Crippen LogP contribution >= 0.6 is 0 Å². The normalized spacial score (nSPS) is 11.5. The van der Waals surface area contributed by atoms with Crippen LogP contribution in [0.2, 0.25) is 0 Å². The topological polar surface area (TPSA) is 54.2 Å². The Balaban J connectivity index is 1.87. The van der Waals surface area contributed by atoms with Crippen molar-refractivity contribution in [1.29, 1.82) is 0 Å². The number of aliphatic hydroxyl groups is 1. The minimum atomic E-state index is -0.280. The van der Waals surface area contributed by atoms with Crippen molar-refractivity contribution in [2.24, 2.45) is 0 Å². The molecular weight excluding hydrogens is 307 g/mol. The molecule has 5 nitrogen and oxygen atoms in total. The van der Waals surface area contributed by atoms with Crippen molar-refractivity contribution < 1.29 is 9.50 Å². The predicted octanol–water partition coefficient (Wildman–Crippen LogP) is 2.58. The van der Waals surface area contributed by atoms with Crippen LogP contribution in [0.5, 0.6) is 0 Å². The predicted molar refractivity (Wildman–Crippen MR) is 90.8 cm³/mol. The van der Waals surface area contributed by atoms with Gasteiger partial charge >= 0.3 is 0 Å². The molecule has 0 saturated carbocycles. The van der Waals surface area contributed by atoms with Gasteiger partial charge in [0.2, 0.25) is 0 Å². The molecule has 2 heterocycles. The Bertz CT molecular complexity index is 803. The van der Waals surface area contributed by atoms with Crippen molar-refractivity contribution >= 4 is 11.0 Å². The molecule has 0 aliphatic heterocycles. The zero-order valence-corrected chi connectivity index (χ0v) is 13.7. The maximum absolute atomic E-state index is 13.5. The van der Waals surface area contributed by atoms with Crippen molar-refractivity contribution in [2.75, 3.05) is 13.2 Å². The molecule has 0 bridgehead atoms. The summed E-state index contributed by atoms with van der Waals surface area (Å²) in [4.78, 5) is 10.8. The molecule has 3 aromatic rings. The standard InChI is InChI=1S/C18H21FN4O/c1-2-23-17-6-5-15(19)10-16(17)21-18(23)13-22(8-9-24)12-14-4-3-7-20-11-14/h3-7,10-11,24H,2,8-9,12-13H2,1H3. The third kappa shape index (κ3) is 3.60. The zero-order chi connectivity index (χ0) is 16.9. The summed E-state index contributed by atoms with van der Waals surface area (Å²) in [5, 5.41) is 9.36. The van der Waals surface area contributed by atoms with E-state index in [2.05, 4.69) is 19.4 Å². The fourth-order valence-electron chi connectivity index (χ4n) is 2.93. The van der Waals surface area contributed by atoms with E-state index >= 15 is 0 Å². The van der Waals surface area contributed by atoms with Crippen molar-refractivity contribution in [2.45, 2.75) is 26.6 Å². The minimum Gasteiger partial charge on any atom is -0.395 e. The van der Waals surface area contributed by atoms with Gasteiger partial charge in [-0.25, -0.2) is 9.37 Å². The summed E-state index contributed by atoms with van der Waals surface area (Å²) in [5.41, 5.74) is 2.67. The zero-order valence-electron chi connectivity index (χ0n) is 13.7. The SMILES string of the molecule is CCn1c(CN(CCO)Cc2cccnc2)nc2cc(F)ccc21. The number of imidazole rings is 1.